The highest BCUT2D eigenvalue weighted by Crippen LogP contribution is 2.23. The molecule has 0 aliphatic rings. The van der Waals surface area contributed by atoms with Gasteiger partial charge in [0, 0.05) is 29.9 Å². The van der Waals surface area contributed by atoms with Gasteiger partial charge >= 0.3 is 0 Å². The fraction of sp³-hybridized carbons (Fsp3) is 0.500. The van der Waals surface area contributed by atoms with E-state index in [1.807, 2.05) is 6.92 Å². The normalized spacial score (nSPS) is 13.0. The van der Waals surface area contributed by atoms with Crippen LogP contribution in [0.4, 0.5) is 0 Å². The van der Waals surface area contributed by atoms with Gasteiger partial charge in [0.15, 0.2) is 0 Å². The molecule has 0 heterocycles. The van der Waals surface area contributed by atoms with Crippen molar-refractivity contribution in [3.05, 3.63) is 28.8 Å². The van der Waals surface area contributed by atoms with Crippen LogP contribution in [0.5, 0.6) is 0 Å². The van der Waals surface area contributed by atoms with E-state index in [2.05, 4.69) is 5.32 Å². The van der Waals surface area contributed by atoms with E-state index in [1.54, 1.807) is 27.0 Å². The predicted molar refractivity (Wildman–Crippen MR) is 82.3 cm³/mol. The Labute approximate surface area is 130 Å². The molecule has 0 aromatic heterocycles. The van der Waals surface area contributed by atoms with Gasteiger partial charge in [0.25, 0.3) is 15.0 Å². The molecule has 0 spiro atoms. The predicted octanol–water partition coefficient (Wildman–Crippen LogP) is 2.24. The molecule has 1 atom stereocenters. The summed E-state index contributed by atoms with van der Waals surface area (Å²) in [4.78, 5) is 12.1. The topological polar surface area (TPSA) is 72.5 Å². The molecule has 1 unspecified atom stereocenters. The molecule has 1 rings (SSSR count). The van der Waals surface area contributed by atoms with E-state index in [4.69, 9.17) is 15.4 Å². The summed E-state index contributed by atoms with van der Waals surface area (Å²) in [5.74, 6) is -0.155. The first kappa shape index (κ1) is 17.9. The second-order valence-corrected chi connectivity index (χ2v) is 7.68. The maximum Gasteiger partial charge on any atom is 0.261 e. The van der Waals surface area contributed by atoms with Gasteiger partial charge in [-0.1, -0.05) is 13.0 Å². The SMILES string of the molecule is COCC(C)CNC(=O)c1cc(S(=O)(=O)Cl)c(C)cc1C. The number of aryl methyl sites for hydroxylation is 2. The molecule has 1 amide bonds. The Balaban J connectivity index is 3.00. The largest absolute Gasteiger partial charge is 0.384 e. The molecule has 0 saturated heterocycles. The highest BCUT2D eigenvalue weighted by Gasteiger charge is 2.19. The molecule has 21 heavy (non-hydrogen) atoms. The maximum absolute atomic E-state index is 12.2. The molecule has 118 valence electrons. The molecular weight excluding hydrogens is 314 g/mol. The lowest BCUT2D eigenvalue weighted by molar-refractivity contribution is 0.0933. The van der Waals surface area contributed by atoms with Crippen molar-refractivity contribution in [3.63, 3.8) is 0 Å². The van der Waals surface area contributed by atoms with Gasteiger partial charge in [-0.2, -0.15) is 0 Å². The quantitative estimate of drug-likeness (QED) is 0.810. The number of halogens is 1. The van der Waals surface area contributed by atoms with Crippen LogP contribution in [-0.4, -0.2) is 34.6 Å². The van der Waals surface area contributed by atoms with E-state index >= 15 is 0 Å². The van der Waals surface area contributed by atoms with Crippen LogP contribution in [0.1, 0.15) is 28.4 Å². The average molecular weight is 334 g/mol. The summed E-state index contributed by atoms with van der Waals surface area (Å²) in [6.07, 6.45) is 0. The lowest BCUT2D eigenvalue weighted by atomic mass is 10.0. The molecule has 0 bridgehead atoms. The number of carbonyl (C=O) groups is 1. The van der Waals surface area contributed by atoms with Crippen LogP contribution in [0.15, 0.2) is 17.0 Å². The maximum atomic E-state index is 12.2. The molecule has 0 radical (unpaired) electrons. The van der Waals surface area contributed by atoms with Gasteiger partial charge in [0.2, 0.25) is 0 Å². The zero-order valence-electron chi connectivity index (χ0n) is 12.6. The molecule has 0 fully saturated rings. The van der Waals surface area contributed by atoms with Crippen molar-refractivity contribution in [1.29, 1.82) is 0 Å². The van der Waals surface area contributed by atoms with Crippen LogP contribution in [0, 0.1) is 19.8 Å². The number of amides is 1. The van der Waals surface area contributed by atoms with Crippen LogP contribution in [0.3, 0.4) is 0 Å². The smallest absolute Gasteiger partial charge is 0.261 e. The van der Waals surface area contributed by atoms with E-state index in [1.165, 1.54) is 6.07 Å². The number of hydrogen-bond acceptors (Lipinski definition) is 4. The third-order valence-electron chi connectivity index (χ3n) is 3.09. The summed E-state index contributed by atoms with van der Waals surface area (Å²) < 4.78 is 28.0. The van der Waals surface area contributed by atoms with Crippen molar-refractivity contribution in [2.24, 2.45) is 5.92 Å². The van der Waals surface area contributed by atoms with Gasteiger partial charge in [-0.3, -0.25) is 4.79 Å². The second kappa shape index (κ2) is 7.24. The Morgan fingerprint density at radius 2 is 1.95 bits per heavy atom. The molecule has 1 aromatic rings. The number of benzene rings is 1. The highest BCUT2D eigenvalue weighted by atomic mass is 35.7. The molecule has 1 N–H and O–H groups in total. The highest BCUT2D eigenvalue weighted by molar-refractivity contribution is 8.13. The monoisotopic (exact) mass is 333 g/mol. The van der Waals surface area contributed by atoms with Crippen molar-refractivity contribution in [2.75, 3.05) is 20.3 Å². The van der Waals surface area contributed by atoms with Gasteiger partial charge in [-0.25, -0.2) is 8.42 Å². The van der Waals surface area contributed by atoms with E-state index in [0.29, 0.717) is 29.8 Å². The first-order valence-corrected chi connectivity index (χ1v) is 8.80. The first-order chi connectivity index (χ1) is 9.66. The fourth-order valence-electron chi connectivity index (χ4n) is 2.05. The molecule has 5 nitrogen and oxygen atoms in total. The van der Waals surface area contributed by atoms with Crippen LogP contribution in [0.2, 0.25) is 0 Å². The van der Waals surface area contributed by atoms with Crippen LogP contribution in [-0.2, 0) is 13.8 Å². The Kier molecular flexibility index (Phi) is 6.19. The standard InChI is InChI=1S/C14H20ClNO4S/c1-9(8-20-4)7-16-14(17)12-6-13(21(15,18)19)11(3)5-10(12)2/h5-6,9H,7-8H2,1-4H3,(H,16,17). The third kappa shape index (κ3) is 4.98. The van der Waals surface area contributed by atoms with Gasteiger partial charge in [0.1, 0.15) is 0 Å². The minimum absolute atomic E-state index is 0.0372. The molecule has 1 aromatic carbocycles. The summed E-state index contributed by atoms with van der Waals surface area (Å²) in [5, 5.41) is 2.77. The molecule has 0 aliphatic heterocycles. The van der Waals surface area contributed by atoms with Crippen molar-refractivity contribution in [3.8, 4) is 0 Å². The van der Waals surface area contributed by atoms with Crippen molar-refractivity contribution >= 4 is 25.6 Å². The number of nitrogens with one attached hydrogen (secondary N) is 1. The van der Waals surface area contributed by atoms with Gasteiger partial charge in [-0.15, -0.1) is 0 Å². The number of carbonyl (C=O) groups excluding carboxylic acids is 1. The van der Waals surface area contributed by atoms with Gasteiger partial charge in [-0.05, 0) is 37.0 Å². The lowest BCUT2D eigenvalue weighted by Gasteiger charge is -2.14. The Bertz CT molecular complexity index is 628. The summed E-state index contributed by atoms with van der Waals surface area (Å²) >= 11 is 0. The van der Waals surface area contributed by atoms with E-state index in [0.717, 1.165) is 0 Å². The summed E-state index contributed by atoms with van der Waals surface area (Å²) in [6, 6.07) is 2.96. The third-order valence-corrected chi connectivity index (χ3v) is 4.56. The number of ether oxygens (including phenoxy) is 1. The minimum atomic E-state index is -3.87. The molecule has 0 saturated carbocycles. The van der Waals surface area contributed by atoms with Gasteiger partial charge in [0.05, 0.1) is 11.5 Å². The summed E-state index contributed by atoms with van der Waals surface area (Å²) in [6.45, 7) is 6.33. The Morgan fingerprint density at radius 3 is 2.48 bits per heavy atom. The van der Waals surface area contributed by atoms with Crippen molar-refractivity contribution in [2.45, 2.75) is 25.7 Å². The number of rotatable bonds is 6. The number of hydrogen-bond donors (Lipinski definition) is 1. The van der Waals surface area contributed by atoms with Crippen molar-refractivity contribution in [1.82, 2.24) is 5.32 Å². The van der Waals surface area contributed by atoms with Crippen LogP contribution >= 0.6 is 10.7 Å². The molecule has 7 heteroatoms. The Hall–Kier alpha value is -1.11. The van der Waals surface area contributed by atoms with Crippen LogP contribution in [0.25, 0.3) is 0 Å². The van der Waals surface area contributed by atoms with E-state index in [9.17, 15) is 13.2 Å². The summed E-state index contributed by atoms with van der Waals surface area (Å²) in [5.41, 5.74) is 1.53. The van der Waals surface area contributed by atoms with Crippen LogP contribution < -0.4 is 5.32 Å². The molecular formula is C14H20ClNO4S. The fourth-order valence-corrected chi connectivity index (χ4v) is 3.25. The first-order valence-electron chi connectivity index (χ1n) is 6.49. The zero-order chi connectivity index (χ0) is 16.2. The van der Waals surface area contributed by atoms with E-state index in [-0.39, 0.29) is 16.7 Å². The minimum Gasteiger partial charge on any atom is -0.384 e. The average Bonchev–Trinajstić information content (AvgIpc) is 2.34. The van der Waals surface area contributed by atoms with Crippen molar-refractivity contribution < 1.29 is 17.9 Å². The second-order valence-electron chi connectivity index (χ2n) is 5.14. The Morgan fingerprint density at radius 1 is 1.33 bits per heavy atom. The summed E-state index contributed by atoms with van der Waals surface area (Å²) in [7, 11) is 3.11. The molecule has 0 aliphatic carbocycles. The number of methoxy groups -OCH3 is 1. The van der Waals surface area contributed by atoms with Gasteiger partial charge < -0.3 is 10.1 Å². The van der Waals surface area contributed by atoms with E-state index < -0.39 is 9.05 Å². The zero-order valence-corrected chi connectivity index (χ0v) is 14.1. The lowest BCUT2D eigenvalue weighted by Crippen LogP contribution is -2.30.